The second-order valence-corrected chi connectivity index (χ2v) is 9.01. The zero-order valence-electron chi connectivity index (χ0n) is 26.1. The molecule has 0 radical (unpaired) electrons. The number of rotatable bonds is 8. The van der Waals surface area contributed by atoms with E-state index in [1.54, 1.807) is 27.7 Å². The molecule has 0 atom stereocenters. The van der Waals surface area contributed by atoms with Gasteiger partial charge in [0.1, 0.15) is 49.4 Å². The van der Waals surface area contributed by atoms with Gasteiger partial charge in [0, 0.05) is 0 Å². The molecule has 3 rings (SSSR count). The summed E-state index contributed by atoms with van der Waals surface area (Å²) in [5.41, 5.74) is 4.32. The van der Waals surface area contributed by atoms with E-state index in [-0.39, 0.29) is 26.4 Å². The molecule has 4 heteroatoms. The van der Waals surface area contributed by atoms with E-state index in [0.717, 1.165) is 11.1 Å². The number of hydrogen-bond acceptors (Lipinski definition) is 4. The fourth-order valence-electron chi connectivity index (χ4n) is 3.93. The molecule has 0 bridgehead atoms. The van der Waals surface area contributed by atoms with Gasteiger partial charge in [0.25, 0.3) is 0 Å². The third-order valence-corrected chi connectivity index (χ3v) is 6.25. The van der Waals surface area contributed by atoms with E-state index in [4.69, 9.17) is 18.9 Å². The van der Waals surface area contributed by atoms with Gasteiger partial charge in [-0.15, -0.1) is 23.7 Å². The van der Waals surface area contributed by atoms with Crippen molar-refractivity contribution >= 4 is 0 Å². The maximum Gasteiger partial charge on any atom is 0.149 e. The van der Waals surface area contributed by atoms with Crippen LogP contribution in [0.25, 0.3) is 0 Å². The van der Waals surface area contributed by atoms with Gasteiger partial charge < -0.3 is 18.9 Å². The quantitative estimate of drug-likeness (QED) is 0.279. The van der Waals surface area contributed by atoms with Crippen LogP contribution in [0, 0.1) is 84.9 Å². The minimum atomic E-state index is 0.199. The van der Waals surface area contributed by atoms with Crippen molar-refractivity contribution in [1.29, 1.82) is 0 Å². The van der Waals surface area contributed by atoms with E-state index < -0.39 is 0 Å². The van der Waals surface area contributed by atoms with E-state index in [2.05, 4.69) is 71.0 Å². The summed E-state index contributed by atoms with van der Waals surface area (Å²) in [6.45, 7) is 12.0. The molecule has 0 saturated heterocycles. The number of para-hydroxylation sites is 2. The van der Waals surface area contributed by atoms with Crippen molar-refractivity contribution in [2.45, 2.75) is 41.5 Å². The van der Waals surface area contributed by atoms with Crippen LogP contribution in [0.1, 0.15) is 61.1 Å². The summed E-state index contributed by atoms with van der Waals surface area (Å²) in [5, 5.41) is 0. The lowest BCUT2D eigenvalue weighted by atomic mass is 9.96. The van der Waals surface area contributed by atoms with Crippen LogP contribution in [0.2, 0.25) is 0 Å². The van der Waals surface area contributed by atoms with Crippen molar-refractivity contribution in [2.24, 2.45) is 0 Å². The average molecular weight is 579 g/mol. The molecule has 0 aliphatic rings. The van der Waals surface area contributed by atoms with Crippen LogP contribution >= 0.6 is 0 Å². The Bertz CT molecular complexity index is 1720. The molecule has 0 spiro atoms. The Hall–Kier alpha value is -5.78. The van der Waals surface area contributed by atoms with Crippen LogP contribution < -0.4 is 18.9 Å². The molecule has 0 aliphatic heterocycles. The molecule has 218 valence electrons. The monoisotopic (exact) mass is 578 g/mol. The summed E-state index contributed by atoms with van der Waals surface area (Å²) >= 11 is 0. The lowest BCUT2D eigenvalue weighted by Gasteiger charge is -2.18. The third kappa shape index (κ3) is 9.11. The van der Waals surface area contributed by atoms with Crippen LogP contribution in [0.4, 0.5) is 0 Å². The van der Waals surface area contributed by atoms with Gasteiger partial charge in [0.2, 0.25) is 0 Å². The van der Waals surface area contributed by atoms with Crippen molar-refractivity contribution < 1.29 is 18.9 Å². The molecule has 3 aromatic carbocycles. The van der Waals surface area contributed by atoms with E-state index in [9.17, 15) is 0 Å². The molecule has 0 N–H and O–H groups in total. The lowest BCUT2D eigenvalue weighted by Crippen LogP contribution is -2.07. The summed E-state index contributed by atoms with van der Waals surface area (Å²) in [5.74, 6) is 39.0. The fourth-order valence-corrected chi connectivity index (χ4v) is 3.93. The molecule has 3 aromatic rings. The molecule has 0 amide bonds. The first kappa shape index (κ1) is 32.7. The van der Waals surface area contributed by atoms with Crippen LogP contribution in [0.3, 0.4) is 0 Å². The fraction of sp³-hybridized carbons (Fsp3) is 0.250. The van der Waals surface area contributed by atoms with Gasteiger partial charge in [0.05, 0.1) is 22.3 Å². The van der Waals surface area contributed by atoms with E-state index in [0.29, 0.717) is 45.3 Å². The molecule has 0 aliphatic carbocycles. The highest BCUT2D eigenvalue weighted by atomic mass is 16.5. The molecule has 0 aromatic heterocycles. The molecular formula is C40H34O4. The summed E-state index contributed by atoms with van der Waals surface area (Å²) in [6, 6.07) is 15.2. The molecule has 0 unspecified atom stereocenters. The maximum atomic E-state index is 6.23. The van der Waals surface area contributed by atoms with Crippen LogP contribution in [0.15, 0.2) is 48.5 Å². The Morgan fingerprint density at radius 2 is 0.795 bits per heavy atom. The maximum absolute atomic E-state index is 6.23. The molecule has 0 heterocycles. The Kier molecular flexibility index (Phi) is 13.3. The standard InChI is InChI=1S/C40H34O4/c1-7-11-27-41-37-21-17-15-19-33(37)23-25-35-36(26-24-34-20-16-18-22-38(34)42-28-12-8-2)40(44-30-14-10-4)32(6)31(5)39(35)43-29-13-9-3/h15-22H,27-30H2,1-6H3. The van der Waals surface area contributed by atoms with Crippen molar-refractivity contribution in [3.63, 3.8) is 0 Å². The SMILES string of the molecule is CC#CCOc1ccccc1C#Cc1c(C#Cc2ccccc2OCC#CC)c(OCC#CC)c(C)c(C)c1OCC#CC. The largest absolute Gasteiger partial charge is 0.480 e. The van der Waals surface area contributed by atoms with Gasteiger partial charge in [-0.1, -0.05) is 71.6 Å². The number of ether oxygens (including phenoxy) is 4. The van der Waals surface area contributed by atoms with E-state index in [1.165, 1.54) is 0 Å². The topological polar surface area (TPSA) is 36.9 Å². The average Bonchev–Trinajstić information content (AvgIpc) is 3.04. The third-order valence-electron chi connectivity index (χ3n) is 6.25. The summed E-state index contributed by atoms with van der Waals surface area (Å²) in [4.78, 5) is 0. The van der Waals surface area contributed by atoms with Crippen LogP contribution in [-0.4, -0.2) is 26.4 Å². The summed E-state index contributed by atoms with van der Waals surface area (Å²) in [7, 11) is 0. The summed E-state index contributed by atoms with van der Waals surface area (Å²) in [6.07, 6.45) is 0. The first-order valence-corrected chi connectivity index (χ1v) is 14.0. The summed E-state index contributed by atoms with van der Waals surface area (Å²) < 4.78 is 24.2. The lowest BCUT2D eigenvalue weighted by molar-refractivity contribution is 0.353. The Labute approximate surface area is 262 Å². The van der Waals surface area contributed by atoms with Gasteiger partial charge in [-0.2, -0.15) is 0 Å². The van der Waals surface area contributed by atoms with Crippen molar-refractivity contribution in [3.8, 4) is 94.0 Å². The molecule has 4 nitrogen and oxygen atoms in total. The Morgan fingerprint density at radius 3 is 1.16 bits per heavy atom. The first-order valence-electron chi connectivity index (χ1n) is 14.0. The van der Waals surface area contributed by atoms with Gasteiger partial charge >= 0.3 is 0 Å². The second kappa shape index (κ2) is 17.9. The van der Waals surface area contributed by atoms with Gasteiger partial charge in [0.15, 0.2) is 0 Å². The predicted molar refractivity (Wildman–Crippen MR) is 177 cm³/mol. The zero-order chi connectivity index (χ0) is 31.6. The van der Waals surface area contributed by atoms with E-state index >= 15 is 0 Å². The number of benzene rings is 3. The van der Waals surface area contributed by atoms with Gasteiger partial charge in [-0.05, 0) is 76.9 Å². The minimum absolute atomic E-state index is 0.199. The van der Waals surface area contributed by atoms with Crippen molar-refractivity contribution in [2.75, 3.05) is 26.4 Å². The smallest absolute Gasteiger partial charge is 0.149 e. The molecule has 0 saturated carbocycles. The van der Waals surface area contributed by atoms with Crippen LogP contribution in [-0.2, 0) is 0 Å². The van der Waals surface area contributed by atoms with Gasteiger partial charge in [-0.25, -0.2) is 0 Å². The first-order chi connectivity index (χ1) is 21.5. The molecule has 44 heavy (non-hydrogen) atoms. The highest BCUT2D eigenvalue weighted by Crippen LogP contribution is 2.38. The Balaban J connectivity index is 2.31. The van der Waals surface area contributed by atoms with E-state index in [1.807, 2.05) is 62.4 Å². The van der Waals surface area contributed by atoms with Crippen molar-refractivity contribution in [3.05, 3.63) is 81.9 Å². The highest BCUT2D eigenvalue weighted by Gasteiger charge is 2.21. The van der Waals surface area contributed by atoms with Crippen LogP contribution in [0.5, 0.6) is 23.0 Å². The Morgan fingerprint density at radius 1 is 0.455 bits per heavy atom. The molecule has 0 fully saturated rings. The number of hydrogen-bond donors (Lipinski definition) is 0. The molecular weight excluding hydrogens is 544 g/mol. The highest BCUT2D eigenvalue weighted by molar-refractivity contribution is 5.71. The predicted octanol–water partition coefficient (Wildman–Crippen LogP) is 6.71. The second-order valence-electron chi connectivity index (χ2n) is 9.01. The van der Waals surface area contributed by atoms with Gasteiger partial charge in [-0.3, -0.25) is 0 Å². The minimum Gasteiger partial charge on any atom is -0.480 e. The zero-order valence-corrected chi connectivity index (χ0v) is 26.1. The normalized spacial score (nSPS) is 8.86. The van der Waals surface area contributed by atoms with Crippen molar-refractivity contribution in [1.82, 2.24) is 0 Å².